The van der Waals surface area contributed by atoms with Gasteiger partial charge in [-0.1, -0.05) is 141 Å². The number of aryl methyl sites for hydroxylation is 1. The van der Waals surface area contributed by atoms with Gasteiger partial charge in [0, 0.05) is 29.3 Å². The highest BCUT2D eigenvalue weighted by atomic mass is 32.2. The quantitative estimate of drug-likeness (QED) is 0.0957. The van der Waals surface area contributed by atoms with E-state index in [2.05, 4.69) is 107 Å². The summed E-state index contributed by atoms with van der Waals surface area (Å²) in [5.41, 5.74) is 2.16. The highest BCUT2D eigenvalue weighted by Crippen LogP contribution is 2.59. The zero-order chi connectivity index (χ0) is 48.8. The van der Waals surface area contributed by atoms with Crippen molar-refractivity contribution < 1.29 is 45.1 Å². The lowest BCUT2D eigenvalue weighted by Gasteiger charge is -2.58. The summed E-state index contributed by atoms with van der Waals surface area (Å²) in [6.45, 7) is 36.1. The van der Waals surface area contributed by atoms with Crippen molar-refractivity contribution in [1.29, 1.82) is 0 Å². The first-order valence-corrected chi connectivity index (χ1v) is 33.7. The maximum absolute atomic E-state index is 15.5. The second-order valence-electron chi connectivity index (χ2n) is 23.9. The topological polar surface area (TPSA) is 111 Å². The predicted octanol–water partition coefficient (Wildman–Crippen LogP) is 12.1. The van der Waals surface area contributed by atoms with E-state index in [9.17, 15) is 0 Å². The van der Waals surface area contributed by atoms with Crippen LogP contribution in [0.25, 0.3) is 0 Å². The van der Waals surface area contributed by atoms with Crippen LogP contribution < -0.4 is 0 Å². The summed E-state index contributed by atoms with van der Waals surface area (Å²) >= 11 is 0. The van der Waals surface area contributed by atoms with Crippen molar-refractivity contribution in [2.75, 3.05) is 13.2 Å². The molecule has 0 unspecified atom stereocenters. The lowest BCUT2D eigenvalue weighted by Crippen LogP contribution is -2.70. The summed E-state index contributed by atoms with van der Waals surface area (Å²) in [6, 6.07) is 27.4. The van der Waals surface area contributed by atoms with E-state index in [1.165, 1.54) is 0 Å². The van der Waals surface area contributed by atoms with Gasteiger partial charge in [-0.15, -0.1) is 0 Å². The van der Waals surface area contributed by atoms with E-state index in [0.29, 0.717) is 19.6 Å². The van der Waals surface area contributed by atoms with Gasteiger partial charge in [-0.25, -0.2) is 8.42 Å². The first-order valence-electron chi connectivity index (χ1n) is 24.0. The van der Waals surface area contributed by atoms with Gasteiger partial charge in [0.05, 0.1) is 55.7 Å². The molecule has 0 bridgehead atoms. The Bertz CT molecular complexity index is 2150. The third-order valence-electron chi connectivity index (χ3n) is 14.1. The predicted molar refractivity (Wildman–Crippen MR) is 271 cm³/mol. The van der Waals surface area contributed by atoms with Crippen molar-refractivity contribution in [3.05, 3.63) is 102 Å². The number of hydrogen-bond acceptors (Lipinski definition) is 10. The van der Waals surface area contributed by atoms with Crippen molar-refractivity contribution >= 4 is 35.0 Å². The molecule has 3 aliphatic rings. The minimum absolute atomic E-state index is 0.0615. The Hall–Kier alpha value is -2.06. The first-order chi connectivity index (χ1) is 30.4. The number of sulfone groups is 1. The third-order valence-corrected chi connectivity index (χ3v) is 27.2. The summed E-state index contributed by atoms with van der Waals surface area (Å²) in [7, 11) is -11.9. The summed E-state index contributed by atoms with van der Waals surface area (Å²) in [6.07, 6.45) is -2.25. The molecular weight excluding hydrogens is 901 g/mol. The normalized spacial score (nSPS) is 28.8. The number of ether oxygens (including phenoxy) is 4. The van der Waals surface area contributed by atoms with Gasteiger partial charge in [-0.05, 0) is 74.9 Å². The molecule has 0 aliphatic carbocycles. The van der Waals surface area contributed by atoms with E-state index >= 15 is 8.42 Å². The van der Waals surface area contributed by atoms with Crippen LogP contribution in [0.4, 0.5) is 0 Å². The van der Waals surface area contributed by atoms with Crippen molar-refractivity contribution in [1.82, 2.24) is 0 Å². The van der Waals surface area contributed by atoms with Crippen LogP contribution in [0.15, 0.2) is 89.8 Å². The number of rotatable bonds is 17. The number of epoxide rings is 1. The Morgan fingerprint density at radius 2 is 1.30 bits per heavy atom. The molecule has 0 amide bonds. The molecule has 3 heterocycles. The second-order valence-corrected chi connectivity index (χ2v) is 40.0. The fourth-order valence-electron chi connectivity index (χ4n) is 9.79. The lowest BCUT2D eigenvalue weighted by molar-refractivity contribution is -0.201. The Morgan fingerprint density at radius 3 is 1.83 bits per heavy atom. The first kappa shape index (κ1) is 53.3. The summed E-state index contributed by atoms with van der Waals surface area (Å²) in [4.78, 5) is -1.43. The van der Waals surface area contributed by atoms with Gasteiger partial charge in [0.15, 0.2) is 16.6 Å². The number of hydrogen-bond donors (Lipinski definition) is 0. The molecule has 10 nitrogen and oxygen atoms in total. The molecule has 0 radical (unpaired) electrons. The van der Waals surface area contributed by atoms with Gasteiger partial charge in [-0.2, -0.15) is 0 Å². The van der Waals surface area contributed by atoms with Crippen LogP contribution in [0.2, 0.25) is 47.8 Å². The Labute approximate surface area is 401 Å². The van der Waals surface area contributed by atoms with Gasteiger partial charge in [0.25, 0.3) is 0 Å². The Kier molecular flexibility index (Phi) is 15.8. The van der Waals surface area contributed by atoms with Crippen LogP contribution in [0.3, 0.4) is 0 Å². The minimum Gasteiger partial charge on any atom is -0.411 e. The van der Waals surface area contributed by atoms with Crippen molar-refractivity contribution in [2.24, 2.45) is 0 Å². The molecule has 14 heteroatoms. The van der Waals surface area contributed by atoms with Gasteiger partial charge in [-0.3, -0.25) is 0 Å². The van der Waals surface area contributed by atoms with E-state index in [-0.39, 0.29) is 52.2 Å². The molecule has 3 saturated heterocycles. The van der Waals surface area contributed by atoms with Crippen LogP contribution in [-0.4, -0.2) is 94.0 Å². The molecule has 66 heavy (non-hydrogen) atoms. The third kappa shape index (κ3) is 11.7. The second kappa shape index (κ2) is 19.6. The van der Waals surface area contributed by atoms with Crippen LogP contribution in [0.5, 0.6) is 0 Å². The summed E-state index contributed by atoms with van der Waals surface area (Å²) in [5, 5.41) is -0.796. The fourth-order valence-corrected chi connectivity index (χ4v) is 19.8. The molecular formula is C52H82O10SSi3. The largest absolute Gasteiger partial charge is 0.411 e. The summed E-state index contributed by atoms with van der Waals surface area (Å²) in [5.74, 6) is 0. The smallest absolute Gasteiger partial charge is 0.349 e. The van der Waals surface area contributed by atoms with Crippen LogP contribution in [0.1, 0.15) is 105 Å². The maximum atomic E-state index is 15.5. The lowest BCUT2D eigenvalue weighted by atomic mass is 9.92. The van der Waals surface area contributed by atoms with Crippen LogP contribution in [0, 0.1) is 6.92 Å². The van der Waals surface area contributed by atoms with Crippen molar-refractivity contribution in [3.63, 3.8) is 0 Å². The molecule has 6 rings (SSSR count). The average molecular weight is 984 g/mol. The van der Waals surface area contributed by atoms with Crippen LogP contribution >= 0.6 is 0 Å². The highest BCUT2D eigenvalue weighted by Gasteiger charge is 2.72. The SMILES string of the molecule is Cc1ccc(S(=O)(=O)[C@@]2(C[C@@H]3O[Si](C(C)(C)C)(C(C)(C)C)OC[C@]3(C)O[Si](C)(C)C)O[C@@H]2C[C@@H]2O[C@H](COCc3ccccc3)[C@@H](OCc3ccccc3)C[C@H]2O[Si](C)(C)C(C)(C)C)cc1. The van der Waals surface area contributed by atoms with E-state index in [1.54, 1.807) is 12.1 Å². The summed E-state index contributed by atoms with van der Waals surface area (Å²) < 4.78 is 87.2. The van der Waals surface area contributed by atoms with Gasteiger partial charge >= 0.3 is 8.56 Å². The van der Waals surface area contributed by atoms with E-state index in [4.69, 9.17) is 36.7 Å². The minimum atomic E-state index is -4.14. The van der Waals surface area contributed by atoms with Crippen molar-refractivity contribution in [2.45, 2.75) is 209 Å². The number of benzene rings is 3. The van der Waals surface area contributed by atoms with Gasteiger partial charge < -0.3 is 36.7 Å². The molecule has 368 valence electrons. The maximum Gasteiger partial charge on any atom is 0.349 e. The molecule has 0 aromatic heterocycles. The molecule has 3 aromatic carbocycles. The van der Waals surface area contributed by atoms with Crippen LogP contribution in [-0.2, 0) is 59.7 Å². The Morgan fingerprint density at radius 1 is 0.742 bits per heavy atom. The van der Waals surface area contributed by atoms with E-state index in [1.807, 2.05) is 74.5 Å². The van der Waals surface area contributed by atoms with E-state index < -0.39 is 76.1 Å². The Balaban J connectivity index is 1.41. The van der Waals surface area contributed by atoms with Crippen molar-refractivity contribution in [3.8, 4) is 0 Å². The molecule has 3 aromatic rings. The highest BCUT2D eigenvalue weighted by molar-refractivity contribution is 7.93. The molecule has 0 spiro atoms. The fraction of sp³-hybridized carbons (Fsp3) is 0.654. The standard InChI is InChI=1S/C52H82O10SSi3/c1-38-27-29-41(30-28-38)63(53,54)52(33-47-51(11,62-64(12,13)14)37-57-66(61-47,49(5,6)7)50(8,9)10)46(59-52)32-43-44(60-65(15,16)48(2,3)4)31-42(56-35-40-25-21-18-22-26-40)45(58-43)36-55-34-39-23-19-17-20-24-39/h17-30,42-47H,31-37H2,1-16H3/t42-,43-,44+,45+,46+,47-,51-,52+/m0/s1. The monoisotopic (exact) mass is 982 g/mol. The molecule has 0 N–H and O–H groups in total. The zero-order valence-electron chi connectivity index (χ0n) is 43.0. The average Bonchev–Trinajstić information content (AvgIpc) is 3.91. The zero-order valence-corrected chi connectivity index (χ0v) is 46.8. The van der Waals surface area contributed by atoms with Gasteiger partial charge in [0.2, 0.25) is 14.8 Å². The van der Waals surface area contributed by atoms with E-state index in [0.717, 1.165) is 16.7 Å². The molecule has 0 saturated carbocycles. The molecule has 3 aliphatic heterocycles. The molecule has 3 fully saturated rings. The molecule has 8 atom stereocenters. The van der Waals surface area contributed by atoms with Gasteiger partial charge in [0.1, 0.15) is 17.8 Å².